The predicted octanol–water partition coefficient (Wildman–Crippen LogP) is 3.65. The van der Waals surface area contributed by atoms with Gasteiger partial charge in [0.1, 0.15) is 0 Å². The fraction of sp³-hybridized carbons (Fsp3) is 0.231. The van der Waals surface area contributed by atoms with E-state index in [1.807, 2.05) is 29.6 Å². The van der Waals surface area contributed by atoms with Crippen molar-refractivity contribution in [1.82, 2.24) is 4.98 Å². The number of hydrogen-bond donors (Lipinski definition) is 1. The van der Waals surface area contributed by atoms with Crippen molar-refractivity contribution in [1.29, 1.82) is 0 Å². The number of hydrogen-bond acceptors (Lipinski definition) is 4. The number of aromatic nitrogens is 1. The number of carbonyl (C=O) groups excluding carboxylic acids is 1. The molecule has 88 valence electrons. The summed E-state index contributed by atoms with van der Waals surface area (Å²) < 4.78 is 0. The zero-order valence-electron chi connectivity index (χ0n) is 9.86. The molecule has 0 saturated carbocycles. The van der Waals surface area contributed by atoms with Crippen LogP contribution in [-0.2, 0) is 6.42 Å². The summed E-state index contributed by atoms with van der Waals surface area (Å²) in [6.45, 7) is 3.65. The van der Waals surface area contributed by atoms with Crippen molar-refractivity contribution in [2.75, 3.05) is 5.32 Å². The molecule has 1 heterocycles. The minimum absolute atomic E-state index is 0.0713. The molecule has 2 rings (SSSR count). The Labute approximate surface area is 105 Å². The van der Waals surface area contributed by atoms with E-state index in [0.717, 1.165) is 22.9 Å². The first-order valence-corrected chi connectivity index (χ1v) is 6.39. The lowest BCUT2D eigenvalue weighted by Gasteiger charge is -2.03. The second-order valence-corrected chi connectivity index (χ2v) is 4.62. The van der Waals surface area contributed by atoms with Crippen molar-refractivity contribution in [2.24, 2.45) is 0 Å². The van der Waals surface area contributed by atoms with Gasteiger partial charge < -0.3 is 5.32 Å². The summed E-state index contributed by atoms with van der Waals surface area (Å²) in [4.78, 5) is 15.7. The molecule has 17 heavy (non-hydrogen) atoms. The maximum Gasteiger partial charge on any atom is 0.187 e. The van der Waals surface area contributed by atoms with Crippen molar-refractivity contribution in [2.45, 2.75) is 20.3 Å². The molecule has 0 saturated heterocycles. The largest absolute Gasteiger partial charge is 0.332 e. The van der Waals surface area contributed by atoms with E-state index >= 15 is 0 Å². The fourth-order valence-electron chi connectivity index (χ4n) is 1.47. The molecule has 0 unspecified atom stereocenters. The molecule has 0 aliphatic rings. The standard InChI is InChI=1S/C13H14N2OS/c1-3-11-8-17-13(14-11)15-12-6-4-5-10(7-12)9(2)16/h4-8H,3H2,1-2H3,(H,14,15). The van der Waals surface area contributed by atoms with Gasteiger partial charge in [0.25, 0.3) is 0 Å². The maximum atomic E-state index is 11.3. The number of thiazole rings is 1. The molecular weight excluding hydrogens is 232 g/mol. The van der Waals surface area contributed by atoms with Crippen LogP contribution >= 0.6 is 11.3 Å². The first kappa shape index (κ1) is 11.8. The second kappa shape index (κ2) is 5.10. The van der Waals surface area contributed by atoms with Gasteiger partial charge in [-0.05, 0) is 25.5 Å². The van der Waals surface area contributed by atoms with Crippen LogP contribution in [0.4, 0.5) is 10.8 Å². The smallest absolute Gasteiger partial charge is 0.187 e. The third kappa shape index (κ3) is 2.91. The topological polar surface area (TPSA) is 42.0 Å². The molecule has 0 radical (unpaired) electrons. The highest BCUT2D eigenvalue weighted by molar-refractivity contribution is 7.13. The van der Waals surface area contributed by atoms with Gasteiger partial charge in [-0.2, -0.15) is 0 Å². The van der Waals surface area contributed by atoms with Gasteiger partial charge in [0, 0.05) is 16.6 Å². The number of benzene rings is 1. The first-order chi connectivity index (χ1) is 8.19. The molecule has 0 fully saturated rings. The summed E-state index contributed by atoms with van der Waals surface area (Å²) in [6.07, 6.45) is 0.936. The van der Waals surface area contributed by atoms with E-state index in [4.69, 9.17) is 0 Å². The maximum absolute atomic E-state index is 11.3. The molecule has 1 aromatic carbocycles. The van der Waals surface area contributed by atoms with Gasteiger partial charge in [0.15, 0.2) is 10.9 Å². The fourth-order valence-corrected chi connectivity index (χ4v) is 2.28. The highest BCUT2D eigenvalue weighted by Gasteiger charge is 2.03. The van der Waals surface area contributed by atoms with Crippen molar-refractivity contribution < 1.29 is 4.79 Å². The summed E-state index contributed by atoms with van der Waals surface area (Å²) in [5.41, 5.74) is 2.69. The molecule has 1 N–H and O–H groups in total. The van der Waals surface area contributed by atoms with E-state index in [2.05, 4.69) is 17.2 Å². The van der Waals surface area contributed by atoms with E-state index in [9.17, 15) is 4.79 Å². The predicted molar refractivity (Wildman–Crippen MR) is 71.2 cm³/mol. The van der Waals surface area contributed by atoms with Crippen molar-refractivity contribution in [3.05, 3.63) is 40.9 Å². The summed E-state index contributed by atoms with van der Waals surface area (Å²) >= 11 is 1.58. The van der Waals surface area contributed by atoms with E-state index in [1.54, 1.807) is 18.3 Å². The number of anilines is 2. The van der Waals surface area contributed by atoms with Crippen molar-refractivity contribution >= 4 is 27.9 Å². The molecule has 0 aliphatic heterocycles. The van der Waals surface area contributed by atoms with Gasteiger partial charge >= 0.3 is 0 Å². The van der Waals surface area contributed by atoms with Crippen LogP contribution in [0.15, 0.2) is 29.6 Å². The Kier molecular flexibility index (Phi) is 3.54. The van der Waals surface area contributed by atoms with Crippen LogP contribution in [0, 0.1) is 0 Å². The minimum atomic E-state index is 0.0713. The van der Waals surface area contributed by atoms with Crippen LogP contribution < -0.4 is 5.32 Å². The van der Waals surface area contributed by atoms with E-state index in [1.165, 1.54) is 0 Å². The highest BCUT2D eigenvalue weighted by Crippen LogP contribution is 2.21. The monoisotopic (exact) mass is 246 g/mol. The van der Waals surface area contributed by atoms with E-state index in [-0.39, 0.29) is 5.78 Å². The number of nitrogens with zero attached hydrogens (tertiary/aromatic N) is 1. The summed E-state index contributed by atoms with van der Waals surface area (Å²) in [6, 6.07) is 7.45. The quantitative estimate of drug-likeness (QED) is 0.837. The summed E-state index contributed by atoms with van der Waals surface area (Å²) in [5.74, 6) is 0.0713. The Morgan fingerprint density at radius 2 is 2.29 bits per heavy atom. The first-order valence-electron chi connectivity index (χ1n) is 5.51. The molecular formula is C13H14N2OS. The highest BCUT2D eigenvalue weighted by atomic mass is 32.1. The number of aryl methyl sites for hydroxylation is 1. The zero-order chi connectivity index (χ0) is 12.3. The van der Waals surface area contributed by atoms with Gasteiger partial charge in [-0.3, -0.25) is 4.79 Å². The molecule has 0 amide bonds. The normalized spacial score (nSPS) is 10.2. The van der Waals surface area contributed by atoms with Gasteiger partial charge in [-0.25, -0.2) is 4.98 Å². The number of carbonyl (C=O) groups is 1. The Hall–Kier alpha value is -1.68. The molecule has 1 aromatic heterocycles. The molecule has 0 spiro atoms. The van der Waals surface area contributed by atoms with Gasteiger partial charge in [0.2, 0.25) is 0 Å². The molecule has 0 aliphatic carbocycles. The summed E-state index contributed by atoms with van der Waals surface area (Å²) in [5, 5.41) is 6.11. The Morgan fingerprint density at radius 1 is 1.47 bits per heavy atom. The number of rotatable bonds is 4. The number of nitrogens with one attached hydrogen (secondary N) is 1. The molecule has 0 bridgehead atoms. The van der Waals surface area contributed by atoms with Crippen LogP contribution in [0.2, 0.25) is 0 Å². The molecule has 4 heteroatoms. The number of ketones is 1. The Bertz CT molecular complexity index is 534. The van der Waals surface area contributed by atoms with E-state index < -0.39 is 0 Å². The average molecular weight is 246 g/mol. The lowest BCUT2D eigenvalue weighted by Crippen LogP contribution is -1.95. The SMILES string of the molecule is CCc1csc(Nc2cccc(C(C)=O)c2)n1. The Balaban J connectivity index is 2.18. The van der Waals surface area contributed by atoms with Crippen molar-refractivity contribution in [3.8, 4) is 0 Å². The third-order valence-corrected chi connectivity index (χ3v) is 3.24. The lowest BCUT2D eigenvalue weighted by molar-refractivity contribution is 0.101. The van der Waals surface area contributed by atoms with Gasteiger partial charge in [0.05, 0.1) is 5.69 Å². The minimum Gasteiger partial charge on any atom is -0.332 e. The van der Waals surface area contributed by atoms with Crippen LogP contribution in [0.25, 0.3) is 0 Å². The van der Waals surface area contributed by atoms with Crippen LogP contribution in [-0.4, -0.2) is 10.8 Å². The van der Waals surface area contributed by atoms with Crippen LogP contribution in [0.1, 0.15) is 29.9 Å². The number of Topliss-reactive ketones (excluding diaryl/α,β-unsaturated/α-hetero) is 1. The van der Waals surface area contributed by atoms with Crippen LogP contribution in [0.5, 0.6) is 0 Å². The third-order valence-electron chi connectivity index (χ3n) is 2.43. The second-order valence-electron chi connectivity index (χ2n) is 3.76. The molecule has 3 nitrogen and oxygen atoms in total. The summed E-state index contributed by atoms with van der Waals surface area (Å²) in [7, 11) is 0. The van der Waals surface area contributed by atoms with Crippen molar-refractivity contribution in [3.63, 3.8) is 0 Å². The van der Waals surface area contributed by atoms with Gasteiger partial charge in [-0.15, -0.1) is 11.3 Å². The molecule has 0 atom stereocenters. The Morgan fingerprint density at radius 3 is 2.94 bits per heavy atom. The zero-order valence-corrected chi connectivity index (χ0v) is 10.7. The molecule has 2 aromatic rings. The average Bonchev–Trinajstić information content (AvgIpc) is 2.77. The van der Waals surface area contributed by atoms with E-state index in [0.29, 0.717) is 5.56 Å². The lowest BCUT2D eigenvalue weighted by atomic mass is 10.1. The van der Waals surface area contributed by atoms with Crippen LogP contribution in [0.3, 0.4) is 0 Å². The van der Waals surface area contributed by atoms with Gasteiger partial charge in [-0.1, -0.05) is 19.1 Å².